The molecule has 1 unspecified atom stereocenters. The fourth-order valence-corrected chi connectivity index (χ4v) is 1.96. The molecule has 2 atom stereocenters. The van der Waals surface area contributed by atoms with E-state index in [2.05, 4.69) is 10.6 Å². The van der Waals surface area contributed by atoms with E-state index < -0.39 is 18.0 Å². The number of hydrogen-bond acceptors (Lipinski definition) is 3. The molecule has 2 amide bonds. The number of ether oxygens (including phenoxy) is 1. The second-order valence-corrected chi connectivity index (χ2v) is 4.60. The highest BCUT2D eigenvalue weighted by atomic mass is 16.5. The van der Waals surface area contributed by atoms with Gasteiger partial charge in [-0.3, -0.25) is 0 Å². The molecular formula is C12H22N2O4. The molecule has 0 aromatic heterocycles. The molecular weight excluding hydrogens is 236 g/mol. The molecule has 6 heteroatoms. The smallest absolute Gasteiger partial charge is 0.326 e. The number of amides is 2. The molecule has 104 valence electrons. The van der Waals surface area contributed by atoms with Gasteiger partial charge in [0.05, 0.1) is 0 Å². The highest BCUT2D eigenvalue weighted by Gasteiger charge is 2.19. The maximum atomic E-state index is 11.5. The molecule has 0 aromatic carbocycles. The first-order valence-electron chi connectivity index (χ1n) is 6.48. The first kappa shape index (κ1) is 14.8. The van der Waals surface area contributed by atoms with Gasteiger partial charge in [0.25, 0.3) is 0 Å². The lowest BCUT2D eigenvalue weighted by Gasteiger charge is -2.15. The summed E-state index contributed by atoms with van der Waals surface area (Å²) < 4.78 is 5.24. The summed E-state index contributed by atoms with van der Waals surface area (Å²) in [6.07, 6.45) is 3.08. The summed E-state index contributed by atoms with van der Waals surface area (Å²) in [5.74, 6) is -0.479. The van der Waals surface area contributed by atoms with Gasteiger partial charge in [-0.15, -0.1) is 0 Å². The van der Waals surface area contributed by atoms with Gasteiger partial charge in [0.15, 0.2) is 0 Å². The van der Waals surface area contributed by atoms with Gasteiger partial charge >= 0.3 is 12.0 Å². The number of hydrogen-bond donors (Lipinski definition) is 3. The molecule has 1 aliphatic rings. The van der Waals surface area contributed by atoms with Gasteiger partial charge in [-0.1, -0.05) is 13.3 Å². The molecule has 0 aliphatic carbocycles. The van der Waals surface area contributed by atoms with Crippen molar-refractivity contribution < 1.29 is 19.4 Å². The molecule has 0 aromatic rings. The minimum Gasteiger partial charge on any atom is -0.480 e. The average Bonchev–Trinajstić information content (AvgIpc) is 2.81. The lowest BCUT2D eigenvalue weighted by molar-refractivity contribution is -0.139. The Bertz CT molecular complexity index is 277. The Morgan fingerprint density at radius 1 is 1.50 bits per heavy atom. The van der Waals surface area contributed by atoms with E-state index in [4.69, 9.17) is 9.84 Å². The summed E-state index contributed by atoms with van der Waals surface area (Å²) in [5.41, 5.74) is 0. The molecule has 3 N–H and O–H groups in total. The topological polar surface area (TPSA) is 87.7 Å². The summed E-state index contributed by atoms with van der Waals surface area (Å²) >= 11 is 0. The Morgan fingerprint density at radius 3 is 2.83 bits per heavy atom. The molecule has 1 heterocycles. The van der Waals surface area contributed by atoms with Crippen molar-refractivity contribution in [3.63, 3.8) is 0 Å². The third-order valence-corrected chi connectivity index (χ3v) is 3.04. The zero-order chi connectivity index (χ0) is 13.4. The number of carboxylic acids is 1. The Kier molecular flexibility index (Phi) is 6.49. The average molecular weight is 258 g/mol. The number of urea groups is 1. The van der Waals surface area contributed by atoms with Crippen LogP contribution >= 0.6 is 0 Å². The Hall–Kier alpha value is -1.30. The maximum Gasteiger partial charge on any atom is 0.326 e. The predicted molar refractivity (Wildman–Crippen MR) is 66.4 cm³/mol. The minimum atomic E-state index is -0.990. The van der Waals surface area contributed by atoms with E-state index in [9.17, 15) is 9.59 Å². The van der Waals surface area contributed by atoms with Crippen LogP contribution in [0.4, 0.5) is 4.79 Å². The Morgan fingerprint density at radius 2 is 2.28 bits per heavy atom. The molecule has 0 saturated carbocycles. The van der Waals surface area contributed by atoms with Crippen molar-refractivity contribution in [1.82, 2.24) is 10.6 Å². The normalized spacial score (nSPS) is 20.4. The molecule has 1 saturated heterocycles. The Balaban J connectivity index is 2.16. The second-order valence-electron chi connectivity index (χ2n) is 4.60. The summed E-state index contributed by atoms with van der Waals surface area (Å²) in [4.78, 5) is 22.3. The first-order chi connectivity index (χ1) is 8.63. The van der Waals surface area contributed by atoms with E-state index in [1.165, 1.54) is 0 Å². The van der Waals surface area contributed by atoms with Crippen LogP contribution in [0.3, 0.4) is 0 Å². The monoisotopic (exact) mass is 258 g/mol. The summed E-state index contributed by atoms with van der Waals surface area (Å²) in [5, 5.41) is 14.0. The largest absolute Gasteiger partial charge is 0.480 e. The highest BCUT2D eigenvalue weighted by Crippen LogP contribution is 2.14. The van der Waals surface area contributed by atoms with Gasteiger partial charge in [0, 0.05) is 19.8 Å². The van der Waals surface area contributed by atoms with E-state index >= 15 is 0 Å². The van der Waals surface area contributed by atoms with E-state index in [1.807, 2.05) is 6.92 Å². The van der Waals surface area contributed by atoms with Gasteiger partial charge in [-0.05, 0) is 25.2 Å². The lowest BCUT2D eigenvalue weighted by Crippen LogP contribution is -2.46. The van der Waals surface area contributed by atoms with Crippen molar-refractivity contribution in [2.75, 3.05) is 19.8 Å². The van der Waals surface area contributed by atoms with Crippen LogP contribution < -0.4 is 10.6 Å². The third kappa shape index (κ3) is 5.35. The van der Waals surface area contributed by atoms with Crippen LogP contribution in [-0.4, -0.2) is 42.9 Å². The molecule has 18 heavy (non-hydrogen) atoms. The molecule has 1 fully saturated rings. The van der Waals surface area contributed by atoms with Crippen LogP contribution in [0.2, 0.25) is 0 Å². The number of aliphatic carboxylic acids is 1. The van der Waals surface area contributed by atoms with E-state index in [0.29, 0.717) is 18.9 Å². The SMILES string of the molecule is CCC[C@H](NC(=O)NCCC1CCOC1)C(=O)O. The van der Waals surface area contributed by atoms with E-state index in [-0.39, 0.29) is 0 Å². The van der Waals surface area contributed by atoms with Gasteiger partial charge in [-0.2, -0.15) is 0 Å². The van der Waals surface area contributed by atoms with Crippen molar-refractivity contribution in [3.8, 4) is 0 Å². The van der Waals surface area contributed by atoms with Crippen molar-refractivity contribution >= 4 is 12.0 Å². The van der Waals surface area contributed by atoms with Crippen molar-refractivity contribution in [1.29, 1.82) is 0 Å². The zero-order valence-corrected chi connectivity index (χ0v) is 10.8. The second kappa shape index (κ2) is 7.92. The van der Waals surface area contributed by atoms with Crippen LogP contribution in [0.25, 0.3) is 0 Å². The van der Waals surface area contributed by atoms with Crippen LogP contribution in [0.1, 0.15) is 32.6 Å². The third-order valence-electron chi connectivity index (χ3n) is 3.04. The quantitative estimate of drug-likeness (QED) is 0.635. The van der Waals surface area contributed by atoms with Gasteiger partial charge in [-0.25, -0.2) is 9.59 Å². The number of nitrogens with one attached hydrogen (secondary N) is 2. The van der Waals surface area contributed by atoms with Crippen molar-refractivity contribution in [2.45, 2.75) is 38.6 Å². The summed E-state index contributed by atoms with van der Waals surface area (Å²) in [6, 6.07) is -1.21. The van der Waals surface area contributed by atoms with Crippen LogP contribution in [-0.2, 0) is 9.53 Å². The lowest BCUT2D eigenvalue weighted by atomic mass is 10.1. The van der Waals surface area contributed by atoms with E-state index in [1.54, 1.807) is 0 Å². The molecule has 0 bridgehead atoms. The Labute approximate surface area is 107 Å². The highest BCUT2D eigenvalue weighted by molar-refractivity contribution is 5.82. The number of rotatable bonds is 7. The van der Waals surface area contributed by atoms with Gasteiger partial charge in [0.1, 0.15) is 6.04 Å². The van der Waals surface area contributed by atoms with Crippen LogP contribution in [0, 0.1) is 5.92 Å². The maximum absolute atomic E-state index is 11.5. The first-order valence-corrected chi connectivity index (χ1v) is 6.48. The fraction of sp³-hybridized carbons (Fsp3) is 0.833. The summed E-state index contributed by atoms with van der Waals surface area (Å²) in [7, 11) is 0. The van der Waals surface area contributed by atoms with Crippen LogP contribution in [0.5, 0.6) is 0 Å². The predicted octanol–water partition coefficient (Wildman–Crippen LogP) is 0.966. The van der Waals surface area contributed by atoms with Gasteiger partial charge in [0.2, 0.25) is 0 Å². The molecule has 1 aliphatic heterocycles. The van der Waals surface area contributed by atoms with E-state index in [0.717, 1.165) is 32.5 Å². The van der Waals surface area contributed by atoms with Crippen molar-refractivity contribution in [3.05, 3.63) is 0 Å². The van der Waals surface area contributed by atoms with Gasteiger partial charge < -0.3 is 20.5 Å². The fourth-order valence-electron chi connectivity index (χ4n) is 1.96. The molecule has 0 spiro atoms. The zero-order valence-electron chi connectivity index (χ0n) is 10.8. The standard InChI is InChI=1S/C12H22N2O4/c1-2-3-10(11(15)16)14-12(17)13-6-4-9-5-7-18-8-9/h9-10H,2-8H2,1H3,(H,15,16)(H2,13,14,17)/t9?,10-/m0/s1. The van der Waals surface area contributed by atoms with Crippen molar-refractivity contribution in [2.24, 2.45) is 5.92 Å². The summed E-state index contributed by atoms with van der Waals surface area (Å²) in [6.45, 7) is 4.00. The molecule has 1 rings (SSSR count). The van der Waals surface area contributed by atoms with Crippen LogP contribution in [0.15, 0.2) is 0 Å². The molecule has 6 nitrogen and oxygen atoms in total. The number of carboxylic acid groups (broad SMARTS) is 1. The molecule has 0 radical (unpaired) electrons. The minimum absolute atomic E-state index is 0.408. The number of carbonyl (C=O) groups is 2. The number of carbonyl (C=O) groups excluding carboxylic acids is 1.